The van der Waals surface area contributed by atoms with Crippen LogP contribution in [0.5, 0.6) is 5.75 Å². The molecule has 0 saturated carbocycles. The molecule has 6 rings (SSSR count). The molecule has 0 aliphatic heterocycles. The van der Waals surface area contributed by atoms with Crippen molar-refractivity contribution in [2.45, 2.75) is 149 Å². The molecular formula is C46H63ClOSi. The standard InChI is InChI=1S/C46H63ClOSi/c1-15-22-48-40-30(23-28(24-34(40)47)42(4,5)6)32-26-44(9,10)27-33-35(32)37-36(41(33)49(16-2)17-3)31-25-43(7,8)19-18-29(31)38-39(37)46(13,14)21-20-45(38,11)12/h15,20-21,23-25,27,32,35,49H,1,16-19,22,26H2,2-14H3. The largest absolute Gasteiger partial charge is 0.488 e. The molecule has 1 nitrogen and oxygen atoms in total. The fourth-order valence-electron chi connectivity index (χ4n) is 10.00. The van der Waals surface area contributed by atoms with E-state index in [2.05, 4.69) is 133 Å². The number of fused-ring (bicyclic) bond motifs is 8. The number of ether oxygens (including phenoxy) is 1. The molecule has 0 spiro atoms. The number of benzene rings is 2. The van der Waals surface area contributed by atoms with Crippen LogP contribution in [0.25, 0.3) is 11.3 Å². The van der Waals surface area contributed by atoms with Crippen molar-refractivity contribution >= 4 is 31.7 Å². The monoisotopic (exact) mass is 694 g/mol. The summed E-state index contributed by atoms with van der Waals surface area (Å²) in [6.45, 7) is 36.0. The lowest BCUT2D eigenvalue weighted by atomic mass is 9.59. The van der Waals surface area contributed by atoms with Crippen molar-refractivity contribution in [1.29, 1.82) is 0 Å². The number of hydrogen-bond donors (Lipinski definition) is 0. The molecule has 0 radical (unpaired) electrons. The Labute approximate surface area is 305 Å². The van der Waals surface area contributed by atoms with Gasteiger partial charge in [-0.3, -0.25) is 0 Å². The number of allylic oxidation sites excluding steroid dienone is 4. The summed E-state index contributed by atoms with van der Waals surface area (Å²) in [6, 6.07) is 7.18. The Morgan fingerprint density at radius 1 is 0.918 bits per heavy atom. The Kier molecular flexibility index (Phi) is 9.05. The second-order valence-electron chi connectivity index (χ2n) is 19.4. The van der Waals surface area contributed by atoms with Crippen LogP contribution in [0.2, 0.25) is 17.1 Å². The smallest absolute Gasteiger partial charge is 0.141 e. The average Bonchev–Trinajstić information content (AvgIpc) is 3.31. The van der Waals surface area contributed by atoms with Crippen molar-refractivity contribution < 1.29 is 4.74 Å². The van der Waals surface area contributed by atoms with Crippen molar-refractivity contribution in [3.8, 4) is 5.75 Å². The van der Waals surface area contributed by atoms with Crippen LogP contribution in [-0.2, 0) is 22.7 Å². The van der Waals surface area contributed by atoms with Gasteiger partial charge in [-0.05, 0) is 91.3 Å². The molecule has 0 aromatic heterocycles. The minimum absolute atomic E-state index is 0.0297. The highest BCUT2D eigenvalue weighted by atomic mass is 35.5. The highest BCUT2D eigenvalue weighted by molar-refractivity contribution is 6.79. The Balaban J connectivity index is 1.84. The highest BCUT2D eigenvalue weighted by Crippen LogP contribution is 2.60. The number of hydrogen-bond acceptors (Lipinski definition) is 1. The molecule has 0 N–H and O–H groups in total. The molecule has 2 unspecified atom stereocenters. The maximum Gasteiger partial charge on any atom is 0.141 e. The lowest BCUT2D eigenvalue weighted by Gasteiger charge is -2.45. The van der Waals surface area contributed by atoms with E-state index in [1.807, 2.05) is 6.08 Å². The third-order valence-electron chi connectivity index (χ3n) is 12.4. The summed E-state index contributed by atoms with van der Waals surface area (Å²) in [5.41, 5.74) is 10.7. The zero-order valence-electron chi connectivity index (χ0n) is 33.0. The number of halogens is 1. The fraction of sp³-hybridized carbons (Fsp3) is 0.565. The van der Waals surface area contributed by atoms with E-state index in [9.17, 15) is 0 Å². The summed E-state index contributed by atoms with van der Waals surface area (Å²) in [5.74, 6) is 1.35. The minimum Gasteiger partial charge on any atom is -0.488 e. The molecule has 0 amide bonds. The third-order valence-corrected chi connectivity index (χ3v) is 16.1. The summed E-state index contributed by atoms with van der Waals surface area (Å²) in [5, 5.41) is 5.72. The van der Waals surface area contributed by atoms with Crippen LogP contribution >= 0.6 is 11.6 Å². The van der Waals surface area contributed by atoms with E-state index in [0.29, 0.717) is 6.61 Å². The zero-order valence-corrected chi connectivity index (χ0v) is 34.9. The van der Waals surface area contributed by atoms with Crippen LogP contribution in [0.1, 0.15) is 148 Å². The van der Waals surface area contributed by atoms with Gasteiger partial charge in [0.2, 0.25) is 0 Å². The maximum absolute atomic E-state index is 7.27. The van der Waals surface area contributed by atoms with Gasteiger partial charge in [0.25, 0.3) is 0 Å². The first-order valence-electron chi connectivity index (χ1n) is 19.2. The molecule has 3 heteroatoms. The van der Waals surface area contributed by atoms with E-state index >= 15 is 0 Å². The SMILES string of the molecule is C=CCOc1c(Cl)cc(C(C)(C)C)cc1C1CC(C)(C)C=C2C([SiH](CC)CC)=c3c(c4c(c5c3=CC(C)(C)CC5)C(C)(C)C=CC4(C)C)C21. The fourth-order valence-corrected chi connectivity index (χ4v) is 13.1. The molecule has 0 heterocycles. The van der Waals surface area contributed by atoms with Crippen molar-refractivity contribution in [2.24, 2.45) is 10.8 Å². The van der Waals surface area contributed by atoms with Crippen molar-refractivity contribution in [3.63, 3.8) is 0 Å². The Bertz CT molecular complexity index is 1890. The second-order valence-corrected chi connectivity index (χ2v) is 23.4. The average molecular weight is 696 g/mol. The first-order valence-corrected chi connectivity index (χ1v) is 21.7. The zero-order chi connectivity index (χ0) is 36.1. The molecule has 0 bridgehead atoms. The topological polar surface area (TPSA) is 9.23 Å². The van der Waals surface area contributed by atoms with E-state index in [-0.39, 0.29) is 38.9 Å². The summed E-state index contributed by atoms with van der Waals surface area (Å²) in [6.07, 6.45) is 15.7. The van der Waals surface area contributed by atoms with Gasteiger partial charge in [0.05, 0.1) is 13.8 Å². The van der Waals surface area contributed by atoms with Crippen LogP contribution in [0.15, 0.2) is 48.6 Å². The van der Waals surface area contributed by atoms with Crippen molar-refractivity contribution in [3.05, 3.63) is 97.4 Å². The molecule has 2 atom stereocenters. The third kappa shape index (κ3) is 6.09. The van der Waals surface area contributed by atoms with Gasteiger partial charge in [-0.15, -0.1) is 0 Å². The Morgan fingerprint density at radius 3 is 2.14 bits per heavy atom. The summed E-state index contributed by atoms with van der Waals surface area (Å²) >= 11 is 7.27. The van der Waals surface area contributed by atoms with E-state index in [1.165, 1.54) is 29.6 Å². The highest BCUT2D eigenvalue weighted by Gasteiger charge is 2.50. The molecule has 0 saturated heterocycles. The van der Waals surface area contributed by atoms with Gasteiger partial charge in [-0.1, -0.05) is 162 Å². The molecule has 2 aromatic carbocycles. The van der Waals surface area contributed by atoms with Crippen LogP contribution in [0.4, 0.5) is 0 Å². The quantitative estimate of drug-likeness (QED) is 0.207. The molecule has 4 aliphatic carbocycles. The van der Waals surface area contributed by atoms with E-state index in [1.54, 1.807) is 43.5 Å². The van der Waals surface area contributed by atoms with Gasteiger partial charge in [-0.25, -0.2) is 0 Å². The van der Waals surface area contributed by atoms with E-state index in [0.717, 1.165) is 23.6 Å². The van der Waals surface area contributed by atoms with Gasteiger partial charge in [-0.2, -0.15) is 0 Å². The molecule has 49 heavy (non-hydrogen) atoms. The number of rotatable bonds is 7. The Morgan fingerprint density at radius 2 is 1.55 bits per heavy atom. The van der Waals surface area contributed by atoms with E-state index in [4.69, 9.17) is 16.3 Å². The Hall–Kier alpha value is -2.29. The lowest BCUT2D eigenvalue weighted by Crippen LogP contribution is -2.46. The van der Waals surface area contributed by atoms with Crippen LogP contribution in [0, 0.1) is 10.8 Å². The van der Waals surface area contributed by atoms with Crippen LogP contribution in [0.3, 0.4) is 0 Å². The molecule has 4 aliphatic rings. The molecule has 264 valence electrons. The summed E-state index contributed by atoms with van der Waals surface area (Å²) in [7, 11) is -1.30. The first-order chi connectivity index (χ1) is 22.7. The summed E-state index contributed by atoms with van der Waals surface area (Å²) in [4.78, 5) is 0. The van der Waals surface area contributed by atoms with Gasteiger partial charge >= 0.3 is 0 Å². The molecular weight excluding hydrogens is 632 g/mol. The van der Waals surface area contributed by atoms with Gasteiger partial charge < -0.3 is 4.74 Å². The van der Waals surface area contributed by atoms with Crippen LogP contribution in [-0.4, -0.2) is 15.4 Å². The predicted molar refractivity (Wildman–Crippen MR) is 217 cm³/mol. The van der Waals surface area contributed by atoms with E-state index < -0.39 is 8.80 Å². The lowest BCUT2D eigenvalue weighted by molar-refractivity contribution is 0.321. The van der Waals surface area contributed by atoms with Gasteiger partial charge in [0.1, 0.15) is 12.4 Å². The minimum atomic E-state index is -1.30. The van der Waals surface area contributed by atoms with Gasteiger partial charge in [0.15, 0.2) is 0 Å². The van der Waals surface area contributed by atoms with Crippen molar-refractivity contribution in [2.75, 3.05) is 6.61 Å². The van der Waals surface area contributed by atoms with Crippen LogP contribution < -0.4 is 15.2 Å². The summed E-state index contributed by atoms with van der Waals surface area (Å²) < 4.78 is 6.58. The van der Waals surface area contributed by atoms with Gasteiger partial charge in [0, 0.05) is 22.3 Å². The molecule has 0 fully saturated rings. The molecule has 2 aromatic rings. The second kappa shape index (κ2) is 12.2. The van der Waals surface area contributed by atoms with Crippen molar-refractivity contribution in [1.82, 2.24) is 0 Å². The normalized spacial score (nSPS) is 24.0. The first kappa shape index (κ1) is 36.5. The maximum atomic E-state index is 7.27. The predicted octanol–water partition coefficient (Wildman–Crippen LogP) is 11.3.